The van der Waals surface area contributed by atoms with E-state index in [4.69, 9.17) is 5.26 Å². The highest BCUT2D eigenvalue weighted by atomic mass is 79.9. The van der Waals surface area contributed by atoms with Crippen molar-refractivity contribution in [3.8, 4) is 6.07 Å². The minimum atomic E-state index is 0.0560. The lowest BCUT2D eigenvalue weighted by Crippen LogP contribution is -2.23. The number of hydrogen-bond acceptors (Lipinski definition) is 5. The van der Waals surface area contributed by atoms with Gasteiger partial charge in [0.1, 0.15) is 16.7 Å². The number of aromatic nitrogens is 4. The molecular formula is C12H13BrN6. The van der Waals surface area contributed by atoms with Gasteiger partial charge in [0.2, 0.25) is 0 Å². The lowest BCUT2D eigenvalue weighted by molar-refractivity contribution is 0.628. The SMILES string of the molecule is Cn1nc(Br)c2c(N[C@@H]3CCC[C@H]3C#N)ncnc21. The first-order valence-electron chi connectivity index (χ1n) is 6.20. The minimum Gasteiger partial charge on any atom is -0.365 e. The summed E-state index contributed by atoms with van der Waals surface area (Å²) < 4.78 is 2.43. The molecule has 0 radical (unpaired) electrons. The molecule has 7 heteroatoms. The molecule has 3 rings (SSSR count). The number of rotatable bonds is 2. The number of hydrogen-bond donors (Lipinski definition) is 1. The second kappa shape index (κ2) is 4.78. The summed E-state index contributed by atoms with van der Waals surface area (Å²) in [6.07, 6.45) is 4.56. The van der Waals surface area contributed by atoms with Crippen LogP contribution in [0.1, 0.15) is 19.3 Å². The Balaban J connectivity index is 1.99. The average molecular weight is 321 g/mol. The van der Waals surface area contributed by atoms with Gasteiger partial charge >= 0.3 is 0 Å². The van der Waals surface area contributed by atoms with Crippen LogP contribution in [0.25, 0.3) is 11.0 Å². The van der Waals surface area contributed by atoms with Gasteiger partial charge in [0.25, 0.3) is 0 Å². The monoisotopic (exact) mass is 320 g/mol. The molecular weight excluding hydrogens is 308 g/mol. The average Bonchev–Trinajstić information content (AvgIpc) is 2.96. The largest absolute Gasteiger partial charge is 0.365 e. The number of anilines is 1. The molecule has 0 aromatic carbocycles. The molecule has 2 heterocycles. The maximum absolute atomic E-state index is 9.14. The molecule has 0 spiro atoms. The second-order valence-corrected chi connectivity index (χ2v) is 5.50. The van der Waals surface area contributed by atoms with Gasteiger partial charge in [-0.15, -0.1) is 0 Å². The Kier molecular flexibility index (Phi) is 3.11. The van der Waals surface area contributed by atoms with E-state index in [0.29, 0.717) is 0 Å². The van der Waals surface area contributed by atoms with Crippen LogP contribution in [-0.2, 0) is 7.05 Å². The van der Waals surface area contributed by atoms with Gasteiger partial charge < -0.3 is 5.32 Å². The fraction of sp³-hybridized carbons (Fsp3) is 0.500. The molecule has 6 nitrogen and oxygen atoms in total. The van der Waals surface area contributed by atoms with Gasteiger partial charge in [-0.05, 0) is 35.2 Å². The topological polar surface area (TPSA) is 79.4 Å². The van der Waals surface area contributed by atoms with E-state index in [0.717, 1.165) is 40.7 Å². The van der Waals surface area contributed by atoms with Crippen molar-refractivity contribution in [1.29, 1.82) is 5.26 Å². The third-order valence-electron chi connectivity index (χ3n) is 3.58. The van der Waals surface area contributed by atoms with Gasteiger partial charge in [0.15, 0.2) is 5.65 Å². The Bertz CT molecular complexity index is 658. The van der Waals surface area contributed by atoms with Crippen molar-refractivity contribution in [2.24, 2.45) is 13.0 Å². The van der Waals surface area contributed by atoms with E-state index in [1.54, 1.807) is 4.68 Å². The molecule has 1 saturated carbocycles. The first kappa shape index (κ1) is 12.4. The fourth-order valence-electron chi connectivity index (χ4n) is 2.61. The third-order valence-corrected chi connectivity index (χ3v) is 4.14. The summed E-state index contributed by atoms with van der Waals surface area (Å²) in [5.41, 5.74) is 0.774. The number of nitrogens with one attached hydrogen (secondary N) is 1. The van der Waals surface area contributed by atoms with Crippen molar-refractivity contribution in [2.75, 3.05) is 5.32 Å². The molecule has 0 aliphatic heterocycles. The van der Waals surface area contributed by atoms with Gasteiger partial charge in [-0.3, -0.25) is 0 Å². The van der Waals surface area contributed by atoms with E-state index >= 15 is 0 Å². The summed E-state index contributed by atoms with van der Waals surface area (Å²) in [5, 5.41) is 17.7. The summed E-state index contributed by atoms with van der Waals surface area (Å²) in [6, 6.07) is 2.53. The van der Waals surface area contributed by atoms with Crippen molar-refractivity contribution in [2.45, 2.75) is 25.3 Å². The molecule has 0 unspecified atom stereocenters. The smallest absolute Gasteiger partial charge is 0.164 e. The Morgan fingerprint density at radius 3 is 3.11 bits per heavy atom. The zero-order valence-corrected chi connectivity index (χ0v) is 12.1. The number of nitriles is 1. The zero-order valence-electron chi connectivity index (χ0n) is 10.5. The van der Waals surface area contributed by atoms with Gasteiger partial charge in [0, 0.05) is 13.1 Å². The van der Waals surface area contributed by atoms with Crippen molar-refractivity contribution in [1.82, 2.24) is 19.7 Å². The molecule has 2 atom stereocenters. The fourth-order valence-corrected chi connectivity index (χ4v) is 3.22. The van der Waals surface area contributed by atoms with E-state index in [2.05, 4.69) is 42.4 Å². The van der Waals surface area contributed by atoms with E-state index in [9.17, 15) is 0 Å². The van der Waals surface area contributed by atoms with Crippen LogP contribution in [0.2, 0.25) is 0 Å². The Hall–Kier alpha value is -1.68. The molecule has 1 N–H and O–H groups in total. The minimum absolute atomic E-state index is 0.0560. The molecule has 1 aliphatic carbocycles. The first-order chi connectivity index (χ1) is 9.20. The maximum atomic E-state index is 9.14. The van der Waals surface area contributed by atoms with E-state index in [-0.39, 0.29) is 12.0 Å². The Morgan fingerprint density at radius 1 is 1.47 bits per heavy atom. The highest BCUT2D eigenvalue weighted by molar-refractivity contribution is 9.10. The zero-order chi connectivity index (χ0) is 13.4. The Morgan fingerprint density at radius 2 is 2.32 bits per heavy atom. The van der Waals surface area contributed by atoms with Crippen LogP contribution in [-0.4, -0.2) is 25.8 Å². The van der Waals surface area contributed by atoms with Crippen LogP contribution in [0.4, 0.5) is 5.82 Å². The summed E-state index contributed by atoms with van der Waals surface area (Å²) in [4.78, 5) is 8.53. The van der Waals surface area contributed by atoms with Gasteiger partial charge in [-0.1, -0.05) is 0 Å². The van der Waals surface area contributed by atoms with Gasteiger partial charge in [0.05, 0.1) is 17.4 Å². The van der Waals surface area contributed by atoms with Crippen molar-refractivity contribution < 1.29 is 0 Å². The van der Waals surface area contributed by atoms with Crippen LogP contribution in [0.15, 0.2) is 10.9 Å². The Labute approximate surface area is 119 Å². The van der Waals surface area contributed by atoms with E-state index < -0.39 is 0 Å². The summed E-state index contributed by atoms with van der Waals surface area (Å²) in [6.45, 7) is 0. The predicted molar refractivity (Wildman–Crippen MR) is 74.4 cm³/mol. The molecule has 0 saturated heterocycles. The van der Waals surface area contributed by atoms with Crippen LogP contribution >= 0.6 is 15.9 Å². The molecule has 0 amide bonds. The number of nitrogens with zero attached hydrogens (tertiary/aromatic N) is 5. The van der Waals surface area contributed by atoms with Crippen molar-refractivity contribution in [3.05, 3.63) is 10.9 Å². The van der Waals surface area contributed by atoms with E-state index in [1.165, 1.54) is 6.33 Å². The lowest BCUT2D eigenvalue weighted by atomic mass is 10.1. The predicted octanol–water partition coefficient (Wildman–Crippen LogP) is 2.23. The molecule has 0 bridgehead atoms. The molecule has 19 heavy (non-hydrogen) atoms. The van der Waals surface area contributed by atoms with Gasteiger partial charge in [-0.2, -0.15) is 10.4 Å². The van der Waals surface area contributed by atoms with Crippen LogP contribution in [0.3, 0.4) is 0 Å². The lowest BCUT2D eigenvalue weighted by Gasteiger charge is -2.16. The summed E-state index contributed by atoms with van der Waals surface area (Å²) in [7, 11) is 1.84. The van der Waals surface area contributed by atoms with Crippen LogP contribution in [0, 0.1) is 17.2 Å². The van der Waals surface area contributed by atoms with Gasteiger partial charge in [-0.25, -0.2) is 14.6 Å². The standard InChI is InChI=1S/C12H13BrN6/c1-19-12-9(10(13)18-19)11(15-6-16-12)17-8-4-2-3-7(8)5-14/h6-8H,2-4H2,1H3,(H,15,16,17)/t7-,8+/m0/s1. The van der Waals surface area contributed by atoms with Crippen molar-refractivity contribution in [3.63, 3.8) is 0 Å². The molecule has 1 aliphatic rings. The highest BCUT2D eigenvalue weighted by Crippen LogP contribution is 2.31. The quantitative estimate of drug-likeness (QED) is 0.917. The molecule has 2 aromatic rings. The normalized spacial score (nSPS) is 22.6. The van der Waals surface area contributed by atoms with E-state index in [1.807, 2.05) is 7.05 Å². The number of aryl methyl sites for hydroxylation is 1. The second-order valence-electron chi connectivity index (χ2n) is 4.75. The summed E-state index contributed by atoms with van der Waals surface area (Å²) >= 11 is 3.43. The molecule has 1 fully saturated rings. The highest BCUT2D eigenvalue weighted by Gasteiger charge is 2.28. The van der Waals surface area contributed by atoms with Crippen molar-refractivity contribution >= 4 is 32.8 Å². The number of halogens is 1. The summed E-state index contributed by atoms with van der Waals surface area (Å²) in [5.74, 6) is 0.803. The van der Waals surface area contributed by atoms with Crippen LogP contribution < -0.4 is 5.32 Å². The first-order valence-corrected chi connectivity index (χ1v) is 6.99. The third kappa shape index (κ3) is 2.06. The number of fused-ring (bicyclic) bond motifs is 1. The maximum Gasteiger partial charge on any atom is 0.164 e. The molecule has 98 valence electrons. The molecule has 2 aromatic heterocycles. The van der Waals surface area contributed by atoms with Crippen LogP contribution in [0.5, 0.6) is 0 Å².